The molecule has 210 valence electrons. The maximum atomic E-state index is 14.2. The number of aryl methyl sites for hydroxylation is 1. The Morgan fingerprint density at radius 1 is 1.23 bits per heavy atom. The van der Waals surface area contributed by atoms with Crippen molar-refractivity contribution in [3.8, 4) is 16.8 Å². The van der Waals surface area contributed by atoms with Gasteiger partial charge in [-0.1, -0.05) is 36.5 Å². The highest BCUT2D eigenvalue weighted by atomic mass is 32.1. The second-order valence-electron chi connectivity index (χ2n) is 9.94. The van der Waals surface area contributed by atoms with Crippen LogP contribution in [0.5, 0.6) is 5.75 Å². The summed E-state index contributed by atoms with van der Waals surface area (Å²) >= 11 is 1.28. The molecular weight excluding hydrogens is 530 g/mol. The molecule has 0 spiro atoms. The minimum atomic E-state index is -1.37. The van der Waals surface area contributed by atoms with E-state index in [0.717, 1.165) is 4.57 Å². The van der Waals surface area contributed by atoms with Gasteiger partial charge in [0.05, 0.1) is 38.1 Å². The SMILES string of the molecule is CCCC(=O)C(C)(C)n1c(=O)c2c(C)c(-n3cccn3)sc2n(C[C@H](OCCC#N)c2ccccc2OC)c1=O. The first-order valence-corrected chi connectivity index (χ1v) is 13.9. The zero-order valence-electron chi connectivity index (χ0n) is 23.3. The monoisotopic (exact) mass is 563 g/mol. The molecule has 4 aromatic rings. The number of ether oxygens (including phenoxy) is 2. The number of hydrogen-bond donors (Lipinski definition) is 0. The van der Waals surface area contributed by atoms with Crippen LogP contribution in [0.4, 0.5) is 0 Å². The van der Waals surface area contributed by atoms with Gasteiger partial charge < -0.3 is 9.47 Å². The zero-order chi connectivity index (χ0) is 29.0. The number of aromatic nitrogens is 4. The predicted molar refractivity (Wildman–Crippen MR) is 153 cm³/mol. The molecule has 0 aliphatic rings. The van der Waals surface area contributed by atoms with Crippen LogP contribution in [0.15, 0.2) is 52.3 Å². The molecule has 10 nitrogen and oxygen atoms in total. The van der Waals surface area contributed by atoms with Crippen LogP contribution in [0, 0.1) is 18.3 Å². The van der Waals surface area contributed by atoms with Crippen molar-refractivity contribution in [3.63, 3.8) is 0 Å². The molecule has 0 bridgehead atoms. The van der Waals surface area contributed by atoms with Crippen LogP contribution in [0.25, 0.3) is 15.2 Å². The number of Topliss-reactive ketones (excluding diaryl/α,β-unsaturated/α-hetero) is 1. The van der Waals surface area contributed by atoms with Crippen molar-refractivity contribution in [2.75, 3.05) is 13.7 Å². The van der Waals surface area contributed by atoms with Gasteiger partial charge in [-0.15, -0.1) is 0 Å². The number of para-hydroxylation sites is 1. The highest BCUT2D eigenvalue weighted by Crippen LogP contribution is 2.34. The minimum absolute atomic E-state index is 0.0258. The summed E-state index contributed by atoms with van der Waals surface area (Å²) in [5.74, 6) is 0.368. The van der Waals surface area contributed by atoms with E-state index in [1.54, 1.807) is 50.2 Å². The van der Waals surface area contributed by atoms with Crippen molar-refractivity contribution in [2.45, 2.75) is 65.1 Å². The molecule has 0 saturated carbocycles. The second-order valence-corrected chi connectivity index (χ2v) is 10.9. The van der Waals surface area contributed by atoms with Crippen LogP contribution < -0.4 is 16.0 Å². The number of rotatable bonds is 12. The average molecular weight is 564 g/mol. The van der Waals surface area contributed by atoms with E-state index in [9.17, 15) is 14.4 Å². The molecular formula is C29H33N5O5S. The van der Waals surface area contributed by atoms with Gasteiger partial charge in [-0.25, -0.2) is 14.0 Å². The molecule has 4 rings (SSSR count). The molecule has 0 radical (unpaired) electrons. The van der Waals surface area contributed by atoms with E-state index in [4.69, 9.17) is 14.7 Å². The lowest BCUT2D eigenvalue weighted by molar-refractivity contribution is -0.126. The van der Waals surface area contributed by atoms with Crippen molar-refractivity contribution >= 4 is 27.3 Å². The van der Waals surface area contributed by atoms with E-state index in [0.29, 0.717) is 38.5 Å². The quantitative estimate of drug-likeness (QED) is 0.233. The molecule has 0 aliphatic heterocycles. The topological polar surface area (TPSA) is 121 Å². The van der Waals surface area contributed by atoms with E-state index in [1.165, 1.54) is 15.9 Å². The van der Waals surface area contributed by atoms with Crippen molar-refractivity contribution in [3.05, 3.63) is 74.7 Å². The van der Waals surface area contributed by atoms with Crippen LogP contribution in [-0.4, -0.2) is 38.4 Å². The lowest BCUT2D eigenvalue weighted by atomic mass is 9.95. The molecule has 0 N–H and O–H groups in total. The van der Waals surface area contributed by atoms with Gasteiger partial charge in [-0.3, -0.25) is 14.2 Å². The molecule has 11 heteroatoms. The smallest absolute Gasteiger partial charge is 0.333 e. The summed E-state index contributed by atoms with van der Waals surface area (Å²) in [6.45, 7) is 7.09. The minimum Gasteiger partial charge on any atom is -0.496 e. The highest BCUT2D eigenvalue weighted by Gasteiger charge is 2.35. The summed E-state index contributed by atoms with van der Waals surface area (Å²) in [5, 5.41) is 14.5. The fourth-order valence-corrected chi connectivity index (χ4v) is 6.08. The molecule has 0 saturated heterocycles. The zero-order valence-corrected chi connectivity index (χ0v) is 24.2. The van der Waals surface area contributed by atoms with Gasteiger partial charge in [0.2, 0.25) is 0 Å². The van der Waals surface area contributed by atoms with E-state index < -0.39 is 22.9 Å². The number of hydrogen-bond acceptors (Lipinski definition) is 8. The van der Waals surface area contributed by atoms with Gasteiger partial charge in [0, 0.05) is 29.9 Å². The molecule has 0 fully saturated rings. The summed E-state index contributed by atoms with van der Waals surface area (Å²) in [5.41, 5.74) is -1.14. The number of fused-ring (bicyclic) bond motifs is 1. The summed E-state index contributed by atoms with van der Waals surface area (Å²) in [6, 6.07) is 11.2. The molecule has 0 amide bonds. The number of methoxy groups -OCH3 is 1. The summed E-state index contributed by atoms with van der Waals surface area (Å²) in [6.07, 6.45) is 3.73. The maximum Gasteiger partial charge on any atom is 0.333 e. The van der Waals surface area contributed by atoms with E-state index in [-0.39, 0.29) is 31.8 Å². The second kappa shape index (κ2) is 12.0. The summed E-state index contributed by atoms with van der Waals surface area (Å²) < 4.78 is 16.0. The number of carbonyl (C=O) groups is 1. The van der Waals surface area contributed by atoms with E-state index >= 15 is 0 Å². The summed E-state index contributed by atoms with van der Waals surface area (Å²) in [7, 11) is 1.55. The van der Waals surface area contributed by atoms with Crippen LogP contribution in [0.2, 0.25) is 0 Å². The highest BCUT2D eigenvalue weighted by molar-refractivity contribution is 7.21. The standard InChI is InChI=1S/C29H33N5O5S/c1-6-11-23(35)29(3,4)34-25(36)24-19(2)26(33-16-10-15-31-33)40-27(24)32(28(34)37)18-22(39-17-9-14-30)20-12-7-8-13-21(20)38-5/h7-8,10,12-13,15-16,22H,6,9,11,17-18H2,1-5H3/t22-/m0/s1. The van der Waals surface area contributed by atoms with Gasteiger partial charge in [0.15, 0.2) is 5.78 Å². The maximum absolute atomic E-state index is 14.2. The molecule has 3 heterocycles. The number of nitrogens with zero attached hydrogens (tertiary/aromatic N) is 5. The number of carbonyl (C=O) groups excluding carboxylic acids is 1. The van der Waals surface area contributed by atoms with E-state index in [2.05, 4.69) is 11.2 Å². The van der Waals surface area contributed by atoms with Gasteiger partial charge in [-0.05, 0) is 39.3 Å². The lowest BCUT2D eigenvalue weighted by Crippen LogP contribution is -2.52. The lowest BCUT2D eigenvalue weighted by Gasteiger charge is -2.27. The Kier molecular flexibility index (Phi) is 8.71. The number of thiophene rings is 1. The first-order chi connectivity index (χ1) is 19.2. The average Bonchev–Trinajstić information content (AvgIpc) is 3.58. The van der Waals surface area contributed by atoms with Gasteiger partial charge in [0.1, 0.15) is 27.2 Å². The molecule has 40 heavy (non-hydrogen) atoms. The Morgan fingerprint density at radius 3 is 2.62 bits per heavy atom. The molecule has 1 atom stereocenters. The molecule has 1 aromatic carbocycles. The van der Waals surface area contributed by atoms with Crippen LogP contribution >= 0.6 is 11.3 Å². The predicted octanol–water partition coefficient (Wildman–Crippen LogP) is 4.50. The van der Waals surface area contributed by atoms with Crippen LogP contribution in [0.3, 0.4) is 0 Å². The fraction of sp³-hybridized carbons (Fsp3) is 0.414. The Labute approximate surface area is 236 Å². The molecule has 0 unspecified atom stereocenters. The largest absolute Gasteiger partial charge is 0.496 e. The van der Waals surface area contributed by atoms with Gasteiger partial charge >= 0.3 is 5.69 Å². The number of nitriles is 1. The van der Waals surface area contributed by atoms with Crippen molar-refractivity contribution in [1.82, 2.24) is 18.9 Å². The van der Waals surface area contributed by atoms with Crippen LogP contribution in [-0.2, 0) is 21.6 Å². The first kappa shape index (κ1) is 29.0. The Bertz CT molecular complexity index is 1670. The fourth-order valence-electron chi connectivity index (χ4n) is 4.84. The molecule has 3 aromatic heterocycles. The van der Waals surface area contributed by atoms with E-state index in [1.807, 2.05) is 32.0 Å². The van der Waals surface area contributed by atoms with Crippen LogP contribution in [0.1, 0.15) is 57.3 Å². The van der Waals surface area contributed by atoms with Crippen molar-refractivity contribution < 1.29 is 14.3 Å². The number of benzene rings is 1. The Hall–Kier alpha value is -4.01. The third-order valence-corrected chi connectivity index (χ3v) is 8.29. The van der Waals surface area contributed by atoms with Crippen molar-refractivity contribution in [1.29, 1.82) is 5.26 Å². The third kappa shape index (κ3) is 5.24. The Balaban J connectivity index is 2.02. The molecule has 0 aliphatic carbocycles. The van der Waals surface area contributed by atoms with Gasteiger partial charge in [0.25, 0.3) is 5.56 Å². The normalized spacial score (nSPS) is 12.4. The first-order valence-electron chi connectivity index (χ1n) is 13.1. The van der Waals surface area contributed by atoms with Gasteiger partial charge in [-0.2, -0.15) is 10.4 Å². The Morgan fingerprint density at radius 2 is 1.98 bits per heavy atom. The number of ketones is 1. The van der Waals surface area contributed by atoms with Crippen molar-refractivity contribution in [2.24, 2.45) is 0 Å². The third-order valence-electron chi connectivity index (χ3n) is 6.99. The summed E-state index contributed by atoms with van der Waals surface area (Å²) in [4.78, 5) is 41.9.